The highest BCUT2D eigenvalue weighted by molar-refractivity contribution is 5.75. The third kappa shape index (κ3) is 4.60. The second-order valence-corrected chi connectivity index (χ2v) is 6.26. The molecule has 2 rings (SSSR count). The van der Waals surface area contributed by atoms with Crippen LogP contribution in [0, 0.1) is 13.8 Å². The third-order valence-electron chi connectivity index (χ3n) is 4.55. The number of aryl methyl sites for hydroxylation is 2. The van der Waals surface area contributed by atoms with Gasteiger partial charge in [-0.3, -0.25) is 4.68 Å². The van der Waals surface area contributed by atoms with Crippen LogP contribution in [-0.2, 0) is 7.05 Å². The van der Waals surface area contributed by atoms with Gasteiger partial charge in [-0.15, -0.1) is 0 Å². The average molecular weight is 344 g/mol. The van der Waals surface area contributed by atoms with Gasteiger partial charge in [0.2, 0.25) is 0 Å². The van der Waals surface area contributed by atoms with E-state index in [9.17, 15) is 9.90 Å². The molecular weight excluding hydrogens is 316 g/mol. The molecule has 0 spiro atoms. The van der Waals surface area contributed by atoms with Crippen molar-refractivity contribution >= 4 is 6.03 Å². The fourth-order valence-electron chi connectivity index (χ4n) is 3.17. The quantitative estimate of drug-likeness (QED) is 0.722. The van der Waals surface area contributed by atoms with E-state index in [0.717, 1.165) is 28.9 Å². The molecular formula is C19H28N4O2. The lowest BCUT2D eigenvalue weighted by Gasteiger charge is -2.22. The number of rotatable bonds is 7. The van der Waals surface area contributed by atoms with Gasteiger partial charge < -0.3 is 15.7 Å². The van der Waals surface area contributed by atoms with Crippen LogP contribution in [0.1, 0.15) is 54.4 Å². The number of urea groups is 1. The number of hydrogen-bond donors (Lipinski definition) is 3. The lowest BCUT2D eigenvalue weighted by atomic mass is 10.0. The summed E-state index contributed by atoms with van der Waals surface area (Å²) in [7, 11) is 1.91. The predicted octanol–water partition coefficient (Wildman–Crippen LogP) is 2.91. The fraction of sp³-hybridized carbons (Fsp3) is 0.474. The average Bonchev–Trinajstić information content (AvgIpc) is 2.85. The summed E-state index contributed by atoms with van der Waals surface area (Å²) < 4.78 is 1.84. The number of carbonyl (C=O) groups is 1. The van der Waals surface area contributed by atoms with E-state index in [1.165, 1.54) is 0 Å². The molecule has 1 aromatic heterocycles. The largest absolute Gasteiger partial charge is 0.396 e. The number of aromatic nitrogens is 2. The van der Waals surface area contributed by atoms with Crippen molar-refractivity contribution in [2.24, 2.45) is 7.05 Å². The summed E-state index contributed by atoms with van der Waals surface area (Å²) in [4.78, 5) is 12.5. The maximum atomic E-state index is 12.5. The number of carbonyl (C=O) groups excluding carboxylic acids is 1. The van der Waals surface area contributed by atoms with Crippen molar-refractivity contribution in [1.82, 2.24) is 20.4 Å². The predicted molar refractivity (Wildman–Crippen MR) is 98.3 cm³/mol. The molecule has 1 aromatic carbocycles. The SMILES string of the molecule is CCC(NC(=O)N[C@H](CCO)c1ccccc1)c1c(C)nn(C)c1C. The van der Waals surface area contributed by atoms with E-state index in [1.807, 2.05) is 62.8 Å². The molecule has 6 nitrogen and oxygen atoms in total. The number of aliphatic hydroxyl groups is 1. The van der Waals surface area contributed by atoms with Crippen LogP contribution in [0.4, 0.5) is 4.79 Å². The van der Waals surface area contributed by atoms with E-state index in [-0.39, 0.29) is 24.7 Å². The normalized spacial score (nSPS) is 13.3. The van der Waals surface area contributed by atoms with Crippen LogP contribution in [0.5, 0.6) is 0 Å². The number of nitrogens with one attached hydrogen (secondary N) is 2. The molecule has 0 aliphatic rings. The molecule has 0 radical (unpaired) electrons. The monoisotopic (exact) mass is 344 g/mol. The van der Waals surface area contributed by atoms with Crippen LogP contribution in [-0.4, -0.2) is 27.5 Å². The molecule has 0 aliphatic heterocycles. The number of benzene rings is 1. The second kappa shape index (κ2) is 8.67. The highest BCUT2D eigenvalue weighted by Crippen LogP contribution is 2.24. The van der Waals surface area contributed by atoms with Gasteiger partial charge in [0.1, 0.15) is 0 Å². The van der Waals surface area contributed by atoms with Gasteiger partial charge in [0, 0.05) is 24.9 Å². The summed E-state index contributed by atoms with van der Waals surface area (Å²) in [6.45, 7) is 6.02. The molecule has 1 heterocycles. The molecule has 2 amide bonds. The van der Waals surface area contributed by atoms with Crippen molar-refractivity contribution in [3.05, 3.63) is 52.8 Å². The van der Waals surface area contributed by atoms with Crippen LogP contribution < -0.4 is 10.6 Å². The maximum absolute atomic E-state index is 12.5. The fourth-order valence-corrected chi connectivity index (χ4v) is 3.17. The molecule has 0 fully saturated rings. The van der Waals surface area contributed by atoms with Crippen molar-refractivity contribution in [3.8, 4) is 0 Å². The standard InChI is InChI=1S/C19H28N4O2/c1-5-16(18-13(2)22-23(4)14(18)3)20-19(25)21-17(11-12-24)15-9-7-6-8-10-15/h6-10,16-17,24H,5,11-12H2,1-4H3,(H2,20,21,25)/t16?,17-/m1/s1. The number of hydrogen-bond acceptors (Lipinski definition) is 3. The zero-order chi connectivity index (χ0) is 18.4. The minimum absolute atomic E-state index is 0.0118. The van der Waals surface area contributed by atoms with Crippen molar-refractivity contribution in [2.45, 2.75) is 45.7 Å². The zero-order valence-electron chi connectivity index (χ0n) is 15.4. The van der Waals surface area contributed by atoms with Gasteiger partial charge >= 0.3 is 6.03 Å². The lowest BCUT2D eigenvalue weighted by Crippen LogP contribution is -2.40. The van der Waals surface area contributed by atoms with Crippen molar-refractivity contribution in [2.75, 3.05) is 6.61 Å². The third-order valence-corrected chi connectivity index (χ3v) is 4.55. The Bertz CT molecular complexity index is 697. The van der Waals surface area contributed by atoms with Gasteiger partial charge in [0.15, 0.2) is 0 Å². The van der Waals surface area contributed by atoms with Gasteiger partial charge in [-0.2, -0.15) is 5.10 Å². The Morgan fingerprint density at radius 3 is 2.36 bits per heavy atom. The van der Waals surface area contributed by atoms with E-state index in [1.54, 1.807) is 0 Å². The Labute approximate surface area is 149 Å². The first-order valence-electron chi connectivity index (χ1n) is 8.70. The van der Waals surface area contributed by atoms with Crippen LogP contribution in [0.25, 0.3) is 0 Å². The summed E-state index contributed by atoms with van der Waals surface area (Å²) in [5, 5.41) is 19.8. The van der Waals surface area contributed by atoms with Gasteiger partial charge in [0.25, 0.3) is 0 Å². The zero-order valence-corrected chi connectivity index (χ0v) is 15.4. The Morgan fingerprint density at radius 2 is 1.84 bits per heavy atom. The smallest absolute Gasteiger partial charge is 0.315 e. The second-order valence-electron chi connectivity index (χ2n) is 6.26. The number of nitrogens with zero attached hydrogens (tertiary/aromatic N) is 2. The van der Waals surface area contributed by atoms with Crippen LogP contribution >= 0.6 is 0 Å². The number of aliphatic hydroxyl groups excluding tert-OH is 1. The molecule has 1 unspecified atom stereocenters. The van der Waals surface area contributed by atoms with Gasteiger partial charge in [-0.05, 0) is 32.3 Å². The lowest BCUT2D eigenvalue weighted by molar-refractivity contribution is 0.225. The van der Waals surface area contributed by atoms with E-state index >= 15 is 0 Å². The van der Waals surface area contributed by atoms with Crippen LogP contribution in [0.3, 0.4) is 0 Å². The molecule has 25 heavy (non-hydrogen) atoms. The summed E-state index contributed by atoms with van der Waals surface area (Å²) in [6.07, 6.45) is 1.25. The van der Waals surface area contributed by atoms with Gasteiger partial charge in [-0.25, -0.2) is 4.79 Å². The minimum Gasteiger partial charge on any atom is -0.396 e. The van der Waals surface area contributed by atoms with Crippen LogP contribution in [0.2, 0.25) is 0 Å². The van der Waals surface area contributed by atoms with Gasteiger partial charge in [0.05, 0.1) is 17.8 Å². The van der Waals surface area contributed by atoms with E-state index in [4.69, 9.17) is 0 Å². The molecule has 3 N–H and O–H groups in total. The van der Waals surface area contributed by atoms with E-state index in [2.05, 4.69) is 15.7 Å². The Morgan fingerprint density at radius 1 is 1.20 bits per heavy atom. The molecule has 0 bridgehead atoms. The summed E-state index contributed by atoms with van der Waals surface area (Å²) in [5.74, 6) is 0. The first-order valence-corrected chi connectivity index (χ1v) is 8.70. The summed E-state index contributed by atoms with van der Waals surface area (Å²) >= 11 is 0. The highest BCUT2D eigenvalue weighted by Gasteiger charge is 2.22. The molecule has 0 saturated heterocycles. The maximum Gasteiger partial charge on any atom is 0.315 e. The molecule has 2 aromatic rings. The van der Waals surface area contributed by atoms with Crippen molar-refractivity contribution in [1.29, 1.82) is 0 Å². The molecule has 6 heteroatoms. The molecule has 2 atom stereocenters. The minimum atomic E-state index is -0.239. The van der Waals surface area contributed by atoms with Crippen molar-refractivity contribution in [3.63, 3.8) is 0 Å². The Kier molecular flexibility index (Phi) is 6.58. The van der Waals surface area contributed by atoms with E-state index in [0.29, 0.717) is 6.42 Å². The highest BCUT2D eigenvalue weighted by atomic mass is 16.3. The van der Waals surface area contributed by atoms with Crippen molar-refractivity contribution < 1.29 is 9.90 Å². The Balaban J connectivity index is 2.11. The summed E-state index contributed by atoms with van der Waals surface area (Å²) in [6, 6.07) is 9.13. The number of amides is 2. The topological polar surface area (TPSA) is 79.2 Å². The molecule has 136 valence electrons. The first kappa shape index (κ1) is 19.0. The molecule has 0 aliphatic carbocycles. The van der Waals surface area contributed by atoms with Crippen LogP contribution in [0.15, 0.2) is 30.3 Å². The molecule has 0 saturated carbocycles. The Hall–Kier alpha value is -2.34. The first-order chi connectivity index (χ1) is 12.0. The van der Waals surface area contributed by atoms with E-state index < -0.39 is 0 Å². The summed E-state index contributed by atoms with van der Waals surface area (Å²) in [5.41, 5.74) is 4.04. The van der Waals surface area contributed by atoms with Gasteiger partial charge in [-0.1, -0.05) is 37.3 Å².